The molecule has 0 radical (unpaired) electrons. The maximum Gasteiger partial charge on any atom is 0.0642 e. The van der Waals surface area contributed by atoms with Crippen LogP contribution in [0.25, 0.3) is 0 Å². The topological polar surface area (TPSA) is 29.3 Å². The van der Waals surface area contributed by atoms with Crippen LogP contribution in [0.1, 0.15) is 38.2 Å². The lowest BCUT2D eigenvalue weighted by atomic mass is 9.86. The van der Waals surface area contributed by atoms with Crippen molar-refractivity contribution in [2.24, 2.45) is 11.7 Å². The summed E-state index contributed by atoms with van der Waals surface area (Å²) in [5.74, 6) is 0.827. The zero-order valence-corrected chi connectivity index (χ0v) is 12.1. The van der Waals surface area contributed by atoms with Crippen molar-refractivity contribution < 1.29 is 0 Å². The van der Waals surface area contributed by atoms with Crippen LogP contribution in [0.2, 0.25) is 5.02 Å². The standard InChI is InChI=1S/C15H23ClN2/c1-11-4-3-5-13(8-11)18(2)15-7-6-12(10-17)9-14(15)16/h6-7,9,11,13H,3-5,8,10,17H2,1-2H3. The van der Waals surface area contributed by atoms with Crippen molar-refractivity contribution in [3.8, 4) is 0 Å². The summed E-state index contributed by atoms with van der Waals surface area (Å²) in [6.45, 7) is 2.89. The van der Waals surface area contributed by atoms with E-state index in [1.54, 1.807) is 0 Å². The van der Waals surface area contributed by atoms with Gasteiger partial charge in [0.2, 0.25) is 0 Å². The van der Waals surface area contributed by atoms with Crippen molar-refractivity contribution in [1.29, 1.82) is 0 Å². The molecule has 100 valence electrons. The Hall–Kier alpha value is -0.730. The van der Waals surface area contributed by atoms with E-state index >= 15 is 0 Å². The summed E-state index contributed by atoms with van der Waals surface area (Å²) in [6, 6.07) is 6.78. The van der Waals surface area contributed by atoms with Gasteiger partial charge in [0.05, 0.1) is 10.7 Å². The number of halogens is 1. The average Bonchev–Trinajstić information content (AvgIpc) is 2.37. The second kappa shape index (κ2) is 5.94. The third-order valence-electron chi connectivity index (χ3n) is 4.08. The van der Waals surface area contributed by atoms with Crippen molar-refractivity contribution in [3.63, 3.8) is 0 Å². The second-order valence-electron chi connectivity index (χ2n) is 5.53. The highest BCUT2D eigenvalue weighted by atomic mass is 35.5. The van der Waals surface area contributed by atoms with Gasteiger partial charge in [0, 0.05) is 19.6 Å². The molecule has 0 amide bonds. The first-order chi connectivity index (χ1) is 8.61. The Morgan fingerprint density at radius 1 is 1.39 bits per heavy atom. The Bertz CT molecular complexity index is 405. The Morgan fingerprint density at radius 2 is 2.17 bits per heavy atom. The van der Waals surface area contributed by atoms with Gasteiger partial charge < -0.3 is 10.6 Å². The van der Waals surface area contributed by atoms with Crippen LogP contribution in [0.5, 0.6) is 0 Å². The average molecular weight is 267 g/mol. The van der Waals surface area contributed by atoms with Gasteiger partial charge in [-0.25, -0.2) is 0 Å². The van der Waals surface area contributed by atoms with Crippen molar-refractivity contribution >= 4 is 17.3 Å². The zero-order valence-electron chi connectivity index (χ0n) is 11.3. The fraction of sp³-hybridized carbons (Fsp3) is 0.600. The molecular weight excluding hydrogens is 244 g/mol. The minimum absolute atomic E-state index is 0.546. The van der Waals surface area contributed by atoms with Gasteiger partial charge in [0.15, 0.2) is 0 Å². The first kappa shape index (κ1) is 13.7. The van der Waals surface area contributed by atoms with E-state index in [9.17, 15) is 0 Å². The molecule has 0 aliphatic heterocycles. The maximum atomic E-state index is 6.36. The first-order valence-corrected chi connectivity index (χ1v) is 7.21. The minimum Gasteiger partial charge on any atom is -0.370 e. The number of benzene rings is 1. The fourth-order valence-electron chi connectivity index (χ4n) is 2.91. The number of rotatable bonds is 3. The van der Waals surface area contributed by atoms with Crippen LogP contribution in [0.15, 0.2) is 18.2 Å². The molecular formula is C15H23ClN2. The molecule has 2 atom stereocenters. The van der Waals surface area contributed by atoms with E-state index in [0.29, 0.717) is 12.6 Å². The Morgan fingerprint density at radius 3 is 2.78 bits per heavy atom. The molecule has 1 aliphatic carbocycles. The molecule has 2 N–H and O–H groups in total. The van der Waals surface area contributed by atoms with Gasteiger partial charge >= 0.3 is 0 Å². The van der Waals surface area contributed by atoms with Crippen molar-refractivity contribution in [1.82, 2.24) is 0 Å². The fourth-order valence-corrected chi connectivity index (χ4v) is 3.25. The zero-order chi connectivity index (χ0) is 13.1. The molecule has 1 aromatic carbocycles. The summed E-state index contributed by atoms with van der Waals surface area (Å²) in [5.41, 5.74) is 7.86. The molecule has 1 fully saturated rings. The molecule has 18 heavy (non-hydrogen) atoms. The first-order valence-electron chi connectivity index (χ1n) is 6.83. The molecule has 0 spiro atoms. The molecule has 2 rings (SSSR count). The predicted octanol–water partition coefficient (Wildman–Crippen LogP) is 3.81. The van der Waals surface area contributed by atoms with E-state index in [4.69, 9.17) is 17.3 Å². The predicted molar refractivity (Wildman–Crippen MR) is 79.2 cm³/mol. The van der Waals surface area contributed by atoms with Crippen LogP contribution in [-0.2, 0) is 6.54 Å². The van der Waals surface area contributed by atoms with Gasteiger partial charge in [-0.05, 0) is 36.5 Å². The lowest BCUT2D eigenvalue weighted by Crippen LogP contribution is -2.35. The van der Waals surface area contributed by atoms with E-state index in [2.05, 4.69) is 31.0 Å². The van der Waals surface area contributed by atoms with Gasteiger partial charge in [-0.3, -0.25) is 0 Å². The summed E-state index contributed by atoms with van der Waals surface area (Å²) < 4.78 is 0. The molecule has 0 heterocycles. The van der Waals surface area contributed by atoms with E-state index in [-0.39, 0.29) is 0 Å². The lowest BCUT2D eigenvalue weighted by molar-refractivity contribution is 0.336. The number of nitrogens with two attached hydrogens (primary N) is 1. The molecule has 2 unspecified atom stereocenters. The maximum absolute atomic E-state index is 6.36. The second-order valence-corrected chi connectivity index (χ2v) is 5.93. The van der Waals surface area contributed by atoms with Gasteiger partial charge in [-0.15, -0.1) is 0 Å². The van der Waals surface area contributed by atoms with Crippen LogP contribution in [0, 0.1) is 5.92 Å². The number of anilines is 1. The monoisotopic (exact) mass is 266 g/mol. The molecule has 0 saturated heterocycles. The van der Waals surface area contributed by atoms with Crippen LogP contribution >= 0.6 is 11.6 Å². The van der Waals surface area contributed by atoms with E-state index < -0.39 is 0 Å². The lowest BCUT2D eigenvalue weighted by Gasteiger charge is -2.36. The van der Waals surface area contributed by atoms with Crippen molar-refractivity contribution in [3.05, 3.63) is 28.8 Å². The molecule has 0 aromatic heterocycles. The Kier molecular flexibility index (Phi) is 4.52. The SMILES string of the molecule is CC1CCCC(N(C)c2ccc(CN)cc2Cl)C1. The quantitative estimate of drug-likeness (QED) is 0.901. The summed E-state index contributed by atoms with van der Waals surface area (Å²) in [5, 5.41) is 0.818. The van der Waals surface area contributed by atoms with E-state index in [1.165, 1.54) is 25.7 Å². The Balaban J connectivity index is 2.15. The van der Waals surface area contributed by atoms with Crippen LogP contribution in [0.4, 0.5) is 5.69 Å². The summed E-state index contributed by atoms with van der Waals surface area (Å²) in [4.78, 5) is 2.35. The smallest absolute Gasteiger partial charge is 0.0642 e. The molecule has 1 saturated carbocycles. The molecule has 1 aromatic rings. The van der Waals surface area contributed by atoms with Crippen LogP contribution < -0.4 is 10.6 Å². The summed E-state index contributed by atoms with van der Waals surface area (Å²) in [7, 11) is 2.16. The molecule has 0 bridgehead atoms. The van der Waals surface area contributed by atoms with E-state index in [0.717, 1.165) is 22.2 Å². The van der Waals surface area contributed by atoms with E-state index in [1.807, 2.05) is 6.07 Å². The third kappa shape index (κ3) is 2.99. The van der Waals surface area contributed by atoms with Gasteiger partial charge in [-0.1, -0.05) is 37.4 Å². The highest BCUT2D eigenvalue weighted by molar-refractivity contribution is 6.33. The van der Waals surface area contributed by atoms with Crippen molar-refractivity contribution in [2.45, 2.75) is 45.2 Å². The van der Waals surface area contributed by atoms with Crippen LogP contribution in [-0.4, -0.2) is 13.1 Å². The highest BCUT2D eigenvalue weighted by Gasteiger charge is 2.23. The van der Waals surface area contributed by atoms with Crippen LogP contribution in [0.3, 0.4) is 0 Å². The number of hydrogen-bond donors (Lipinski definition) is 1. The summed E-state index contributed by atoms with van der Waals surface area (Å²) >= 11 is 6.36. The number of hydrogen-bond acceptors (Lipinski definition) is 2. The summed E-state index contributed by atoms with van der Waals surface area (Å²) in [6.07, 6.45) is 5.24. The largest absolute Gasteiger partial charge is 0.370 e. The Labute approximate surface area is 115 Å². The van der Waals surface area contributed by atoms with Gasteiger partial charge in [-0.2, -0.15) is 0 Å². The highest BCUT2D eigenvalue weighted by Crippen LogP contribution is 2.33. The molecule has 1 aliphatic rings. The van der Waals surface area contributed by atoms with Gasteiger partial charge in [0.25, 0.3) is 0 Å². The normalized spacial score (nSPS) is 24.0. The minimum atomic E-state index is 0.546. The number of nitrogens with zero attached hydrogens (tertiary/aromatic N) is 1. The van der Waals surface area contributed by atoms with Gasteiger partial charge in [0.1, 0.15) is 0 Å². The van der Waals surface area contributed by atoms with Crippen molar-refractivity contribution in [2.75, 3.05) is 11.9 Å². The molecule has 2 nitrogen and oxygen atoms in total. The third-order valence-corrected chi connectivity index (χ3v) is 4.39. The molecule has 3 heteroatoms.